The van der Waals surface area contributed by atoms with E-state index in [4.69, 9.17) is 0 Å². The molecule has 0 spiro atoms. The first kappa shape index (κ1) is 18.1. The number of nitrogens with zero attached hydrogens (tertiary/aromatic N) is 1. The topological polar surface area (TPSA) is 60.0 Å². The molecule has 1 unspecified atom stereocenters. The average molecular weight is 323 g/mol. The molecule has 0 saturated carbocycles. The van der Waals surface area contributed by atoms with Gasteiger partial charge in [-0.15, -0.1) is 4.72 Å². The summed E-state index contributed by atoms with van der Waals surface area (Å²) in [5, 5.41) is 2.20. The van der Waals surface area contributed by atoms with Crippen molar-refractivity contribution >= 4 is 17.2 Å². The van der Waals surface area contributed by atoms with E-state index in [1.165, 1.54) is 12.3 Å². The number of aromatic nitrogens is 1. The Balaban J connectivity index is 2.61. The van der Waals surface area contributed by atoms with Crippen LogP contribution in [0.5, 0.6) is 0 Å². The fourth-order valence-corrected chi connectivity index (χ4v) is 2.17. The second-order valence-electron chi connectivity index (χ2n) is 5.67. The fourth-order valence-electron chi connectivity index (χ4n) is 1.36. The predicted molar refractivity (Wildman–Crippen MR) is 78.2 cm³/mol. The summed E-state index contributed by atoms with van der Waals surface area (Å²) < 4.78 is 50.7. The normalized spacial score (nSPS) is 15.6. The molecule has 2 atom stereocenters. The van der Waals surface area contributed by atoms with Crippen LogP contribution in [0.3, 0.4) is 0 Å². The van der Waals surface area contributed by atoms with Crippen molar-refractivity contribution in [3.8, 4) is 0 Å². The number of nitrogens with one attached hydrogen (secondary N) is 2. The Labute approximate surface area is 125 Å². The molecular weight excluding hydrogens is 303 g/mol. The third-order valence-corrected chi connectivity index (χ3v) is 4.28. The van der Waals surface area contributed by atoms with E-state index in [1.54, 1.807) is 6.07 Å². The molecule has 1 aromatic rings. The second kappa shape index (κ2) is 6.85. The molecule has 0 radical (unpaired) electrons. The summed E-state index contributed by atoms with van der Waals surface area (Å²) in [6.45, 7) is 6.26. The Morgan fingerprint density at radius 2 is 1.90 bits per heavy atom. The van der Waals surface area contributed by atoms with Gasteiger partial charge in [-0.25, -0.2) is 4.98 Å². The van der Waals surface area contributed by atoms with Gasteiger partial charge in [-0.3, -0.25) is 0 Å². The first-order chi connectivity index (χ1) is 9.49. The standard InChI is InChI=1S/C13H20F3N3OS/c1-9(19-21(20)12(2,3)4)10-5-6-11(17-7-10)18-8-13(14,15)16/h5-7,9,19H,8H2,1-4H3,(H,17,18)/t9-,21?/m1/s1. The molecule has 1 heterocycles. The van der Waals surface area contributed by atoms with E-state index >= 15 is 0 Å². The lowest BCUT2D eigenvalue weighted by Gasteiger charge is -2.26. The summed E-state index contributed by atoms with van der Waals surface area (Å²) in [6, 6.07) is 2.91. The molecule has 0 bridgehead atoms. The molecule has 21 heavy (non-hydrogen) atoms. The Kier molecular flexibility index (Phi) is 5.89. The maximum atomic E-state index is 12.1. The van der Waals surface area contributed by atoms with Crippen LogP contribution in [-0.4, -0.2) is 27.0 Å². The lowest BCUT2D eigenvalue weighted by Crippen LogP contribution is -2.40. The van der Waals surface area contributed by atoms with Crippen molar-refractivity contribution in [3.63, 3.8) is 0 Å². The number of halogens is 3. The summed E-state index contributed by atoms with van der Waals surface area (Å²) >= 11 is -1.23. The summed E-state index contributed by atoms with van der Waals surface area (Å²) in [7, 11) is 0. The maximum absolute atomic E-state index is 12.1. The number of rotatable bonds is 5. The van der Waals surface area contributed by atoms with Crippen molar-refractivity contribution < 1.29 is 17.7 Å². The summed E-state index contributed by atoms with van der Waals surface area (Å²) in [5.41, 5.74) is 0.755. The molecule has 8 heteroatoms. The molecule has 0 aromatic carbocycles. The predicted octanol–water partition coefficient (Wildman–Crippen LogP) is 3.17. The SMILES string of the molecule is C[C@@H](N[S+]([O-])C(C)(C)C)c1ccc(NCC(F)(F)F)nc1. The zero-order valence-corrected chi connectivity index (χ0v) is 13.2. The lowest BCUT2D eigenvalue weighted by molar-refractivity contribution is -0.115. The molecule has 2 N–H and O–H groups in total. The van der Waals surface area contributed by atoms with E-state index in [2.05, 4.69) is 15.0 Å². The van der Waals surface area contributed by atoms with Crippen LogP contribution in [0.4, 0.5) is 19.0 Å². The molecular formula is C13H20F3N3OS. The van der Waals surface area contributed by atoms with E-state index in [-0.39, 0.29) is 11.9 Å². The van der Waals surface area contributed by atoms with Crippen LogP contribution in [0, 0.1) is 0 Å². The lowest BCUT2D eigenvalue weighted by atomic mass is 10.1. The van der Waals surface area contributed by atoms with Crippen LogP contribution < -0.4 is 10.0 Å². The van der Waals surface area contributed by atoms with Gasteiger partial charge in [-0.05, 0) is 39.3 Å². The van der Waals surface area contributed by atoms with Crippen LogP contribution in [0.2, 0.25) is 0 Å². The number of hydrogen-bond acceptors (Lipinski definition) is 4. The summed E-state index contributed by atoms with van der Waals surface area (Å²) in [5.74, 6) is 0.153. The quantitative estimate of drug-likeness (QED) is 0.817. The van der Waals surface area contributed by atoms with Gasteiger partial charge in [-0.2, -0.15) is 13.2 Å². The van der Waals surface area contributed by atoms with Crippen molar-refractivity contribution in [2.75, 3.05) is 11.9 Å². The molecule has 0 fully saturated rings. The van der Waals surface area contributed by atoms with E-state index in [1.807, 2.05) is 27.7 Å². The monoisotopic (exact) mass is 323 g/mol. The number of anilines is 1. The zero-order chi connectivity index (χ0) is 16.3. The molecule has 0 aliphatic heterocycles. The van der Waals surface area contributed by atoms with Crippen molar-refractivity contribution in [1.29, 1.82) is 0 Å². The zero-order valence-electron chi connectivity index (χ0n) is 12.4. The molecule has 0 saturated heterocycles. The van der Waals surface area contributed by atoms with Crippen LogP contribution in [0.25, 0.3) is 0 Å². The van der Waals surface area contributed by atoms with Crippen LogP contribution in [-0.2, 0) is 11.4 Å². The van der Waals surface area contributed by atoms with Gasteiger partial charge in [0.2, 0.25) is 0 Å². The highest BCUT2D eigenvalue weighted by Gasteiger charge is 2.29. The van der Waals surface area contributed by atoms with Crippen LogP contribution in [0.15, 0.2) is 18.3 Å². The van der Waals surface area contributed by atoms with Gasteiger partial charge in [-0.1, -0.05) is 6.07 Å². The van der Waals surface area contributed by atoms with E-state index in [9.17, 15) is 17.7 Å². The third kappa shape index (κ3) is 6.54. The fraction of sp³-hybridized carbons (Fsp3) is 0.615. The smallest absolute Gasteiger partial charge is 0.405 e. The highest BCUT2D eigenvalue weighted by atomic mass is 32.2. The number of hydrogen-bond donors (Lipinski definition) is 2. The second-order valence-corrected chi connectivity index (χ2v) is 7.66. The minimum Gasteiger partial charge on any atom is -0.598 e. The Morgan fingerprint density at radius 3 is 2.33 bits per heavy atom. The largest absolute Gasteiger partial charge is 0.598 e. The van der Waals surface area contributed by atoms with Crippen LogP contribution in [0.1, 0.15) is 39.3 Å². The summed E-state index contributed by atoms with van der Waals surface area (Å²) in [6.07, 6.45) is -2.81. The van der Waals surface area contributed by atoms with E-state index in [0.29, 0.717) is 0 Å². The molecule has 1 aromatic heterocycles. The van der Waals surface area contributed by atoms with E-state index in [0.717, 1.165) is 5.56 Å². The van der Waals surface area contributed by atoms with Crippen molar-refractivity contribution in [2.24, 2.45) is 0 Å². The number of pyridine rings is 1. The minimum absolute atomic E-state index is 0.153. The third-order valence-electron chi connectivity index (χ3n) is 2.60. The minimum atomic E-state index is -4.28. The first-order valence-electron chi connectivity index (χ1n) is 6.43. The molecule has 0 aliphatic rings. The molecule has 0 amide bonds. The van der Waals surface area contributed by atoms with Gasteiger partial charge in [0.1, 0.15) is 17.1 Å². The highest BCUT2D eigenvalue weighted by Crippen LogP contribution is 2.20. The molecule has 120 valence electrons. The number of alkyl halides is 3. The molecule has 4 nitrogen and oxygen atoms in total. The van der Waals surface area contributed by atoms with Gasteiger partial charge >= 0.3 is 6.18 Å². The average Bonchev–Trinajstić information content (AvgIpc) is 2.35. The Hall–Kier alpha value is -0.990. The highest BCUT2D eigenvalue weighted by molar-refractivity contribution is 7.90. The first-order valence-corrected chi connectivity index (χ1v) is 7.58. The Bertz CT molecular complexity index is 445. The van der Waals surface area contributed by atoms with Gasteiger partial charge < -0.3 is 9.87 Å². The maximum Gasteiger partial charge on any atom is 0.405 e. The molecule has 1 rings (SSSR count). The van der Waals surface area contributed by atoms with Crippen LogP contribution >= 0.6 is 0 Å². The van der Waals surface area contributed by atoms with Gasteiger partial charge in [0.15, 0.2) is 0 Å². The van der Waals surface area contributed by atoms with Crippen molar-refractivity contribution in [2.45, 2.75) is 44.7 Å². The van der Waals surface area contributed by atoms with E-state index < -0.39 is 28.8 Å². The summed E-state index contributed by atoms with van der Waals surface area (Å²) in [4.78, 5) is 3.92. The molecule has 0 aliphatic carbocycles. The van der Waals surface area contributed by atoms with Gasteiger partial charge in [0.05, 0.1) is 6.04 Å². The van der Waals surface area contributed by atoms with Crippen molar-refractivity contribution in [3.05, 3.63) is 23.9 Å². The van der Waals surface area contributed by atoms with Gasteiger partial charge in [0.25, 0.3) is 0 Å². The van der Waals surface area contributed by atoms with Gasteiger partial charge in [0, 0.05) is 17.6 Å². The van der Waals surface area contributed by atoms with Crippen molar-refractivity contribution in [1.82, 2.24) is 9.71 Å². The Morgan fingerprint density at radius 1 is 1.29 bits per heavy atom.